The predicted octanol–water partition coefficient (Wildman–Crippen LogP) is 1.09. The van der Waals surface area contributed by atoms with E-state index in [1.807, 2.05) is 0 Å². The molecule has 2 aromatic carbocycles. The third kappa shape index (κ3) is 5.32. The number of carbonyl (C=O) groups excluding carboxylic acids is 4. The number of aliphatic hydroxyl groups excluding tert-OH is 2. The molecule has 2 rings (SSSR count). The van der Waals surface area contributed by atoms with Gasteiger partial charge in [-0.15, -0.1) is 0 Å². The average molecular weight is 386 g/mol. The number of ether oxygens (including phenoxy) is 2. The molecule has 2 atom stereocenters. The van der Waals surface area contributed by atoms with E-state index in [-0.39, 0.29) is 11.1 Å². The highest BCUT2D eigenvalue weighted by Gasteiger charge is 2.35. The fraction of sp³-hybridized carbons (Fsp3) is 0.200. The zero-order valence-corrected chi connectivity index (χ0v) is 15.1. The maximum atomic E-state index is 11.8. The van der Waals surface area contributed by atoms with E-state index < -0.39 is 36.1 Å². The van der Waals surface area contributed by atoms with Crippen molar-refractivity contribution in [2.45, 2.75) is 26.1 Å². The van der Waals surface area contributed by atoms with Gasteiger partial charge in [0.05, 0.1) is 11.1 Å². The molecule has 0 saturated carbocycles. The van der Waals surface area contributed by atoms with Crippen LogP contribution in [0.2, 0.25) is 0 Å². The standard InChI is InChI=1S/C20H18O8/c1-11-3-7-13(8-4-11)17(23)27-19(25)15(21)16(22)20(26)28-18(24)14-9-5-12(2)6-10-14/h3-10,15-16,21-22H,1-2H3/t15-,16-/m0/s1. The van der Waals surface area contributed by atoms with E-state index in [0.717, 1.165) is 11.1 Å². The summed E-state index contributed by atoms with van der Waals surface area (Å²) in [6.45, 7) is 3.59. The van der Waals surface area contributed by atoms with Gasteiger partial charge in [-0.3, -0.25) is 0 Å². The lowest BCUT2D eigenvalue weighted by Crippen LogP contribution is -2.43. The molecule has 0 bridgehead atoms. The summed E-state index contributed by atoms with van der Waals surface area (Å²) in [5.41, 5.74) is 1.83. The quantitative estimate of drug-likeness (QED) is 0.577. The lowest BCUT2D eigenvalue weighted by atomic mass is 10.1. The highest BCUT2D eigenvalue weighted by Crippen LogP contribution is 2.09. The summed E-state index contributed by atoms with van der Waals surface area (Å²) in [4.78, 5) is 47.3. The van der Waals surface area contributed by atoms with Crippen molar-refractivity contribution in [2.24, 2.45) is 0 Å². The summed E-state index contributed by atoms with van der Waals surface area (Å²) in [6, 6.07) is 12.1. The number of rotatable bonds is 5. The topological polar surface area (TPSA) is 127 Å². The zero-order chi connectivity index (χ0) is 20.8. The molecule has 0 spiro atoms. The highest BCUT2D eigenvalue weighted by molar-refractivity contribution is 6.01. The van der Waals surface area contributed by atoms with E-state index in [4.69, 9.17) is 0 Å². The van der Waals surface area contributed by atoms with Crippen LogP contribution in [0.25, 0.3) is 0 Å². The summed E-state index contributed by atoms with van der Waals surface area (Å²) >= 11 is 0. The molecule has 28 heavy (non-hydrogen) atoms. The second-order valence-corrected chi connectivity index (χ2v) is 6.04. The largest absolute Gasteiger partial charge is 0.387 e. The van der Waals surface area contributed by atoms with E-state index in [9.17, 15) is 29.4 Å². The van der Waals surface area contributed by atoms with Crippen molar-refractivity contribution in [1.29, 1.82) is 0 Å². The average Bonchev–Trinajstić information content (AvgIpc) is 2.67. The van der Waals surface area contributed by atoms with Crippen LogP contribution < -0.4 is 0 Å². The third-order valence-corrected chi connectivity index (χ3v) is 3.74. The molecule has 2 N–H and O–H groups in total. The van der Waals surface area contributed by atoms with Gasteiger partial charge in [-0.2, -0.15) is 0 Å². The molecule has 8 nitrogen and oxygen atoms in total. The zero-order valence-electron chi connectivity index (χ0n) is 15.1. The first-order chi connectivity index (χ1) is 13.2. The van der Waals surface area contributed by atoms with Gasteiger partial charge in [0.2, 0.25) is 0 Å². The van der Waals surface area contributed by atoms with Crippen molar-refractivity contribution < 1.29 is 38.9 Å². The number of carbonyl (C=O) groups is 4. The first kappa shape index (κ1) is 20.9. The smallest absolute Gasteiger partial charge is 0.346 e. The van der Waals surface area contributed by atoms with Crippen LogP contribution in [0.15, 0.2) is 48.5 Å². The van der Waals surface area contributed by atoms with E-state index >= 15 is 0 Å². The van der Waals surface area contributed by atoms with Crippen LogP contribution in [0, 0.1) is 13.8 Å². The minimum Gasteiger partial charge on any atom is -0.387 e. The number of esters is 4. The van der Waals surface area contributed by atoms with Crippen molar-refractivity contribution in [3.05, 3.63) is 70.8 Å². The lowest BCUT2D eigenvalue weighted by Gasteiger charge is -2.14. The second kappa shape index (κ2) is 9.03. The molecule has 0 saturated heterocycles. The number of hydrogen-bond acceptors (Lipinski definition) is 8. The molecule has 146 valence electrons. The molecule has 2 aromatic rings. The van der Waals surface area contributed by atoms with Crippen molar-refractivity contribution in [3.8, 4) is 0 Å². The Morgan fingerprint density at radius 1 is 0.643 bits per heavy atom. The van der Waals surface area contributed by atoms with Gasteiger partial charge in [-0.25, -0.2) is 19.2 Å². The highest BCUT2D eigenvalue weighted by atomic mass is 16.6. The molecular formula is C20H18O8. The Bertz CT molecular complexity index is 808. The summed E-state index contributed by atoms with van der Waals surface area (Å²) in [6.07, 6.45) is -4.82. The SMILES string of the molecule is Cc1ccc(C(=O)OC(=O)[C@@H](O)[C@H](O)C(=O)OC(=O)c2ccc(C)cc2)cc1. The lowest BCUT2D eigenvalue weighted by molar-refractivity contribution is -0.166. The molecule has 0 heterocycles. The Kier molecular flexibility index (Phi) is 6.75. The molecule has 0 aromatic heterocycles. The number of aryl methyl sites for hydroxylation is 2. The van der Waals surface area contributed by atoms with Crippen molar-refractivity contribution in [2.75, 3.05) is 0 Å². The molecule has 0 aliphatic carbocycles. The minimum absolute atomic E-state index is 0.0396. The van der Waals surface area contributed by atoms with Crippen LogP contribution in [0.4, 0.5) is 0 Å². The van der Waals surface area contributed by atoms with Gasteiger partial charge < -0.3 is 19.7 Å². The van der Waals surface area contributed by atoms with Crippen LogP contribution in [-0.4, -0.2) is 46.3 Å². The normalized spacial score (nSPS) is 12.6. The Balaban J connectivity index is 1.95. The van der Waals surface area contributed by atoms with E-state index in [2.05, 4.69) is 9.47 Å². The summed E-state index contributed by atoms with van der Waals surface area (Å²) in [5, 5.41) is 19.5. The summed E-state index contributed by atoms with van der Waals surface area (Å²) in [7, 11) is 0. The third-order valence-electron chi connectivity index (χ3n) is 3.74. The van der Waals surface area contributed by atoms with Crippen LogP contribution in [0.1, 0.15) is 31.8 Å². The molecule has 8 heteroatoms. The van der Waals surface area contributed by atoms with Gasteiger partial charge in [-0.05, 0) is 38.1 Å². The fourth-order valence-electron chi connectivity index (χ4n) is 2.06. The number of aliphatic hydroxyl groups is 2. The second-order valence-electron chi connectivity index (χ2n) is 6.04. The predicted molar refractivity (Wildman–Crippen MR) is 95.2 cm³/mol. The molecule has 0 amide bonds. The van der Waals surface area contributed by atoms with Crippen LogP contribution in [0.3, 0.4) is 0 Å². The first-order valence-electron chi connectivity index (χ1n) is 8.20. The Morgan fingerprint density at radius 2 is 0.929 bits per heavy atom. The van der Waals surface area contributed by atoms with Crippen LogP contribution >= 0.6 is 0 Å². The van der Waals surface area contributed by atoms with E-state index in [0.29, 0.717) is 0 Å². The number of hydrogen-bond donors (Lipinski definition) is 2. The molecule has 0 aliphatic heterocycles. The van der Waals surface area contributed by atoms with Crippen molar-refractivity contribution in [1.82, 2.24) is 0 Å². The van der Waals surface area contributed by atoms with Gasteiger partial charge >= 0.3 is 23.9 Å². The maximum Gasteiger partial charge on any atom is 0.346 e. The van der Waals surface area contributed by atoms with Gasteiger partial charge in [0.25, 0.3) is 0 Å². The first-order valence-corrected chi connectivity index (χ1v) is 8.20. The Hall–Kier alpha value is -3.36. The molecule has 0 radical (unpaired) electrons. The van der Waals surface area contributed by atoms with Crippen molar-refractivity contribution in [3.63, 3.8) is 0 Å². The fourth-order valence-corrected chi connectivity index (χ4v) is 2.06. The molecule has 0 aliphatic rings. The minimum atomic E-state index is -2.41. The van der Waals surface area contributed by atoms with Gasteiger partial charge in [-0.1, -0.05) is 35.4 Å². The van der Waals surface area contributed by atoms with Crippen molar-refractivity contribution >= 4 is 23.9 Å². The molecule has 0 unspecified atom stereocenters. The monoisotopic (exact) mass is 386 g/mol. The Morgan fingerprint density at radius 3 is 1.21 bits per heavy atom. The van der Waals surface area contributed by atoms with E-state index in [1.165, 1.54) is 24.3 Å². The van der Waals surface area contributed by atoms with Crippen LogP contribution in [-0.2, 0) is 19.1 Å². The summed E-state index contributed by atoms with van der Waals surface area (Å²) < 4.78 is 8.86. The van der Waals surface area contributed by atoms with Gasteiger partial charge in [0, 0.05) is 0 Å². The molecular weight excluding hydrogens is 368 g/mol. The van der Waals surface area contributed by atoms with Crippen LogP contribution in [0.5, 0.6) is 0 Å². The number of benzene rings is 2. The van der Waals surface area contributed by atoms with E-state index in [1.54, 1.807) is 38.1 Å². The van der Waals surface area contributed by atoms with Gasteiger partial charge in [0.15, 0.2) is 12.2 Å². The Labute approximate surface area is 160 Å². The summed E-state index contributed by atoms with van der Waals surface area (Å²) in [5.74, 6) is -5.25. The maximum absolute atomic E-state index is 11.8. The van der Waals surface area contributed by atoms with Gasteiger partial charge in [0.1, 0.15) is 0 Å². The molecule has 0 fully saturated rings.